The first-order chi connectivity index (χ1) is 13.6. The number of nitrogens with zero attached hydrogens (tertiary/aromatic N) is 3. The Kier molecular flexibility index (Phi) is 3.87. The molecule has 1 aromatic heterocycles. The van der Waals surface area contributed by atoms with Gasteiger partial charge in [-0.25, -0.2) is 0 Å². The first kappa shape index (κ1) is 17.2. The summed E-state index contributed by atoms with van der Waals surface area (Å²) in [6, 6.07) is 13.0. The van der Waals surface area contributed by atoms with Crippen molar-refractivity contribution in [3.8, 4) is 5.75 Å². The maximum atomic E-state index is 13.1. The molecule has 3 fully saturated rings. The van der Waals surface area contributed by atoms with E-state index in [9.17, 15) is 9.59 Å². The first-order valence-corrected chi connectivity index (χ1v) is 9.46. The van der Waals surface area contributed by atoms with Gasteiger partial charge in [0, 0.05) is 25.2 Å². The highest BCUT2D eigenvalue weighted by molar-refractivity contribution is 5.94. The molecule has 2 aromatic rings. The van der Waals surface area contributed by atoms with Crippen LogP contribution in [0.4, 0.5) is 0 Å². The van der Waals surface area contributed by atoms with Crippen LogP contribution >= 0.6 is 0 Å². The highest BCUT2D eigenvalue weighted by atomic mass is 16.5. The van der Waals surface area contributed by atoms with Crippen molar-refractivity contribution >= 4 is 11.8 Å². The van der Waals surface area contributed by atoms with Crippen molar-refractivity contribution in [3.05, 3.63) is 59.9 Å². The fourth-order valence-electron chi connectivity index (χ4n) is 4.71. The zero-order valence-electron chi connectivity index (χ0n) is 15.6. The summed E-state index contributed by atoms with van der Waals surface area (Å²) in [7, 11) is 1.55. The van der Waals surface area contributed by atoms with Gasteiger partial charge in [0.25, 0.3) is 5.91 Å². The lowest BCUT2D eigenvalue weighted by Crippen LogP contribution is -2.48. The smallest absolute Gasteiger partial charge is 0.273 e. The van der Waals surface area contributed by atoms with E-state index in [2.05, 4.69) is 4.98 Å². The third kappa shape index (κ3) is 2.43. The van der Waals surface area contributed by atoms with E-state index in [1.807, 2.05) is 35.2 Å². The molecule has 7 nitrogen and oxygen atoms in total. The molecular formula is C21H21N3O4. The average Bonchev–Trinajstić information content (AvgIpc) is 3.36. The van der Waals surface area contributed by atoms with Gasteiger partial charge in [0.15, 0.2) is 5.72 Å². The van der Waals surface area contributed by atoms with Crippen molar-refractivity contribution in [1.29, 1.82) is 0 Å². The summed E-state index contributed by atoms with van der Waals surface area (Å²) < 4.78 is 11.7. The van der Waals surface area contributed by atoms with E-state index in [1.54, 1.807) is 30.3 Å². The predicted molar refractivity (Wildman–Crippen MR) is 99.6 cm³/mol. The van der Waals surface area contributed by atoms with Gasteiger partial charge in [0.2, 0.25) is 5.91 Å². The van der Waals surface area contributed by atoms with Crippen LogP contribution in [0.2, 0.25) is 0 Å². The van der Waals surface area contributed by atoms with Crippen LogP contribution < -0.4 is 4.74 Å². The number of pyridine rings is 1. The number of amides is 2. The number of hydrogen-bond donors (Lipinski definition) is 0. The molecule has 0 unspecified atom stereocenters. The molecule has 0 saturated carbocycles. The first-order valence-electron chi connectivity index (χ1n) is 9.46. The molecule has 5 rings (SSSR count). The van der Waals surface area contributed by atoms with Gasteiger partial charge in [-0.05, 0) is 11.6 Å². The van der Waals surface area contributed by atoms with E-state index in [0.29, 0.717) is 31.0 Å². The van der Waals surface area contributed by atoms with Gasteiger partial charge in [-0.2, -0.15) is 0 Å². The topological polar surface area (TPSA) is 72.0 Å². The third-order valence-corrected chi connectivity index (χ3v) is 6.05. The molecule has 0 bridgehead atoms. The number of methoxy groups -OCH3 is 1. The lowest BCUT2D eigenvalue weighted by atomic mass is 10.1. The molecule has 3 saturated heterocycles. The van der Waals surface area contributed by atoms with Gasteiger partial charge in [0.05, 0.1) is 26.1 Å². The van der Waals surface area contributed by atoms with Crippen LogP contribution in [-0.4, -0.2) is 58.6 Å². The van der Waals surface area contributed by atoms with Crippen molar-refractivity contribution in [2.24, 2.45) is 0 Å². The van der Waals surface area contributed by atoms with Crippen molar-refractivity contribution in [2.75, 3.05) is 20.2 Å². The van der Waals surface area contributed by atoms with Gasteiger partial charge in [-0.1, -0.05) is 30.3 Å². The Morgan fingerprint density at radius 1 is 1.29 bits per heavy atom. The molecule has 28 heavy (non-hydrogen) atoms. The molecule has 0 radical (unpaired) electrons. The van der Waals surface area contributed by atoms with E-state index in [1.165, 1.54) is 0 Å². The number of hydrogen-bond acceptors (Lipinski definition) is 5. The largest absolute Gasteiger partial charge is 0.497 e. The molecular weight excluding hydrogens is 358 g/mol. The maximum Gasteiger partial charge on any atom is 0.273 e. The number of carbonyl (C=O) groups excluding carboxylic acids is 2. The molecule has 0 N–H and O–H groups in total. The van der Waals surface area contributed by atoms with Gasteiger partial charge in [0.1, 0.15) is 17.5 Å². The number of carbonyl (C=O) groups is 2. The molecule has 4 heterocycles. The van der Waals surface area contributed by atoms with Crippen LogP contribution in [-0.2, 0) is 9.53 Å². The molecule has 7 heteroatoms. The monoisotopic (exact) mass is 379 g/mol. The van der Waals surface area contributed by atoms with E-state index in [-0.39, 0.29) is 30.4 Å². The molecule has 3 aliphatic heterocycles. The van der Waals surface area contributed by atoms with Crippen molar-refractivity contribution in [2.45, 2.75) is 30.7 Å². The van der Waals surface area contributed by atoms with E-state index < -0.39 is 5.72 Å². The van der Waals surface area contributed by atoms with Crippen LogP contribution in [0.1, 0.15) is 35.0 Å². The Bertz CT molecular complexity index is 934. The Morgan fingerprint density at radius 2 is 2.11 bits per heavy atom. The summed E-state index contributed by atoms with van der Waals surface area (Å²) in [5.74, 6) is 0.430. The number of rotatable bonds is 3. The minimum absolute atomic E-state index is 0.0412. The molecule has 144 valence electrons. The Labute approximate surface area is 162 Å². The molecule has 3 atom stereocenters. The molecule has 1 aromatic carbocycles. The molecule has 3 aliphatic rings. The van der Waals surface area contributed by atoms with E-state index in [4.69, 9.17) is 9.47 Å². The van der Waals surface area contributed by atoms with Crippen molar-refractivity contribution < 1.29 is 19.1 Å². The summed E-state index contributed by atoms with van der Waals surface area (Å²) in [5.41, 5.74) is 0.642. The summed E-state index contributed by atoms with van der Waals surface area (Å²) in [4.78, 5) is 33.6. The minimum atomic E-state index is -0.730. The van der Waals surface area contributed by atoms with E-state index in [0.717, 1.165) is 5.56 Å². The average molecular weight is 379 g/mol. The highest BCUT2D eigenvalue weighted by Crippen LogP contribution is 2.50. The maximum absolute atomic E-state index is 13.1. The number of benzene rings is 1. The van der Waals surface area contributed by atoms with Crippen molar-refractivity contribution in [3.63, 3.8) is 0 Å². The molecule has 1 spiro atoms. The number of ether oxygens (including phenoxy) is 2. The van der Waals surface area contributed by atoms with Gasteiger partial charge >= 0.3 is 0 Å². The normalized spacial score (nSPS) is 28.4. The second-order valence-electron chi connectivity index (χ2n) is 7.42. The van der Waals surface area contributed by atoms with Gasteiger partial charge in [-0.15, -0.1) is 0 Å². The summed E-state index contributed by atoms with van der Waals surface area (Å²) in [6.07, 6.45) is 2.29. The quantitative estimate of drug-likeness (QED) is 0.816. The fourth-order valence-corrected chi connectivity index (χ4v) is 4.71. The Hall–Kier alpha value is -2.93. The van der Waals surface area contributed by atoms with Crippen LogP contribution in [0.5, 0.6) is 5.75 Å². The lowest BCUT2D eigenvalue weighted by Gasteiger charge is -2.31. The van der Waals surface area contributed by atoms with Crippen LogP contribution in [0, 0.1) is 0 Å². The second kappa shape index (κ2) is 6.31. The third-order valence-electron chi connectivity index (χ3n) is 6.05. The highest BCUT2D eigenvalue weighted by Gasteiger charge is 2.65. The van der Waals surface area contributed by atoms with Crippen LogP contribution in [0.15, 0.2) is 48.7 Å². The SMILES string of the molecule is COc1ccnc(C(=O)N2CC[C@@]34O[C@@H](c5ccccc5)CN3C(=O)C[C@@H]24)c1. The van der Waals surface area contributed by atoms with Crippen molar-refractivity contribution in [1.82, 2.24) is 14.8 Å². The van der Waals surface area contributed by atoms with Gasteiger partial charge < -0.3 is 19.3 Å². The minimum Gasteiger partial charge on any atom is -0.497 e. The molecule has 0 aliphatic carbocycles. The van der Waals surface area contributed by atoms with Crippen LogP contribution in [0.3, 0.4) is 0 Å². The number of aromatic nitrogens is 1. The number of likely N-dealkylation sites (tertiary alicyclic amines) is 1. The standard InChI is InChI=1S/C21H21N3O4/c1-27-15-7-9-22-16(11-15)20(26)23-10-8-21-18(23)12-19(25)24(21)13-17(28-21)14-5-3-2-4-6-14/h2-7,9,11,17-18H,8,10,12-13H2,1H3/t17-,18-,21+/m1/s1. The summed E-state index contributed by atoms with van der Waals surface area (Å²) in [6.45, 7) is 1.06. The van der Waals surface area contributed by atoms with Gasteiger partial charge in [-0.3, -0.25) is 14.6 Å². The zero-order valence-corrected chi connectivity index (χ0v) is 15.6. The summed E-state index contributed by atoms with van der Waals surface area (Å²) in [5, 5.41) is 0. The second-order valence-corrected chi connectivity index (χ2v) is 7.42. The fraction of sp³-hybridized carbons (Fsp3) is 0.381. The van der Waals surface area contributed by atoms with Crippen LogP contribution in [0.25, 0.3) is 0 Å². The lowest BCUT2D eigenvalue weighted by molar-refractivity contribution is -0.138. The summed E-state index contributed by atoms with van der Waals surface area (Å²) >= 11 is 0. The zero-order chi connectivity index (χ0) is 19.3. The molecule has 2 amide bonds. The Morgan fingerprint density at radius 3 is 2.89 bits per heavy atom. The Balaban J connectivity index is 1.43. The van der Waals surface area contributed by atoms with E-state index >= 15 is 0 Å². The predicted octanol–water partition coefficient (Wildman–Crippen LogP) is 2.00.